The molecule has 0 saturated heterocycles. The molecule has 0 radical (unpaired) electrons. The van der Waals surface area contributed by atoms with Crippen molar-refractivity contribution in [3.05, 3.63) is 59.2 Å². The Labute approximate surface area is 108 Å². The van der Waals surface area contributed by atoms with E-state index >= 15 is 0 Å². The maximum atomic E-state index is 13.4. The van der Waals surface area contributed by atoms with Crippen molar-refractivity contribution in [1.82, 2.24) is 0 Å². The molecule has 0 aromatic heterocycles. The van der Waals surface area contributed by atoms with Crippen molar-refractivity contribution in [2.24, 2.45) is 0 Å². The zero-order valence-corrected chi connectivity index (χ0v) is 10.1. The number of anilines is 1. The van der Waals surface area contributed by atoms with Crippen LogP contribution in [0.5, 0.6) is 5.75 Å². The zero-order valence-electron chi connectivity index (χ0n) is 10.1. The number of amides is 1. The molecule has 0 spiro atoms. The first kappa shape index (κ1) is 13.0. The Morgan fingerprint density at radius 3 is 2.58 bits per heavy atom. The van der Waals surface area contributed by atoms with E-state index in [1.54, 1.807) is 6.92 Å². The molecule has 0 heterocycles. The van der Waals surface area contributed by atoms with Gasteiger partial charge in [0, 0.05) is 11.6 Å². The summed E-state index contributed by atoms with van der Waals surface area (Å²) in [4.78, 5) is 11.9. The molecule has 0 fully saturated rings. The van der Waals surface area contributed by atoms with Gasteiger partial charge in [0.15, 0.2) is 0 Å². The molecule has 2 aromatic carbocycles. The highest BCUT2D eigenvalue weighted by Crippen LogP contribution is 2.19. The lowest BCUT2D eigenvalue weighted by molar-refractivity contribution is 0.102. The first-order valence-corrected chi connectivity index (χ1v) is 5.53. The van der Waals surface area contributed by atoms with Crippen LogP contribution in [0.25, 0.3) is 0 Å². The molecule has 2 aromatic rings. The van der Waals surface area contributed by atoms with Crippen molar-refractivity contribution in [3.8, 4) is 5.75 Å². The number of hydrogen-bond donors (Lipinski definition) is 2. The van der Waals surface area contributed by atoms with E-state index in [0.29, 0.717) is 5.56 Å². The number of halogens is 2. The van der Waals surface area contributed by atoms with E-state index in [4.69, 9.17) is 0 Å². The lowest BCUT2D eigenvalue weighted by Crippen LogP contribution is -2.14. The van der Waals surface area contributed by atoms with Gasteiger partial charge in [-0.3, -0.25) is 4.79 Å². The van der Waals surface area contributed by atoms with Crippen LogP contribution in [0.15, 0.2) is 36.4 Å². The van der Waals surface area contributed by atoms with Crippen LogP contribution in [0.3, 0.4) is 0 Å². The van der Waals surface area contributed by atoms with E-state index in [1.165, 1.54) is 18.2 Å². The Morgan fingerprint density at radius 2 is 1.89 bits per heavy atom. The predicted molar refractivity (Wildman–Crippen MR) is 67.2 cm³/mol. The molecular weight excluding hydrogens is 252 g/mol. The summed E-state index contributed by atoms with van der Waals surface area (Å²) in [6, 6.07) is 6.99. The summed E-state index contributed by atoms with van der Waals surface area (Å²) in [6.07, 6.45) is 0. The van der Waals surface area contributed by atoms with Crippen LogP contribution >= 0.6 is 0 Å². The third-order valence-electron chi connectivity index (χ3n) is 2.63. The van der Waals surface area contributed by atoms with Crippen LogP contribution in [0.4, 0.5) is 14.5 Å². The number of phenolic OH excluding ortho intramolecular Hbond substituents is 1. The van der Waals surface area contributed by atoms with Crippen molar-refractivity contribution in [2.75, 3.05) is 5.32 Å². The highest BCUT2D eigenvalue weighted by Gasteiger charge is 2.12. The van der Waals surface area contributed by atoms with Gasteiger partial charge in [-0.2, -0.15) is 0 Å². The van der Waals surface area contributed by atoms with Crippen LogP contribution in [0.1, 0.15) is 15.9 Å². The largest absolute Gasteiger partial charge is 0.508 e. The monoisotopic (exact) mass is 263 g/mol. The third kappa shape index (κ3) is 2.88. The van der Waals surface area contributed by atoms with Crippen LogP contribution in [-0.4, -0.2) is 11.0 Å². The topological polar surface area (TPSA) is 49.3 Å². The van der Waals surface area contributed by atoms with Crippen molar-refractivity contribution < 1.29 is 18.7 Å². The SMILES string of the molecule is Cc1cc(O)ccc1C(=O)Nc1cc(F)ccc1F. The second-order valence-corrected chi connectivity index (χ2v) is 4.08. The fourth-order valence-corrected chi connectivity index (χ4v) is 1.69. The van der Waals surface area contributed by atoms with Gasteiger partial charge in [-0.1, -0.05) is 0 Å². The van der Waals surface area contributed by atoms with Crippen LogP contribution in [0, 0.1) is 18.6 Å². The Morgan fingerprint density at radius 1 is 1.16 bits per heavy atom. The number of rotatable bonds is 2. The summed E-state index contributed by atoms with van der Waals surface area (Å²) in [7, 11) is 0. The molecule has 0 aliphatic rings. The normalized spacial score (nSPS) is 10.3. The summed E-state index contributed by atoms with van der Waals surface area (Å²) in [5.41, 5.74) is 0.591. The summed E-state index contributed by atoms with van der Waals surface area (Å²) in [5, 5.41) is 11.5. The smallest absolute Gasteiger partial charge is 0.256 e. The second kappa shape index (κ2) is 5.06. The van der Waals surface area contributed by atoms with E-state index in [9.17, 15) is 18.7 Å². The Balaban J connectivity index is 2.28. The number of nitrogens with one attached hydrogen (secondary N) is 1. The minimum Gasteiger partial charge on any atom is -0.508 e. The van der Waals surface area contributed by atoms with E-state index in [0.717, 1.165) is 18.2 Å². The Kier molecular flexibility index (Phi) is 3.46. The fourth-order valence-electron chi connectivity index (χ4n) is 1.69. The lowest BCUT2D eigenvalue weighted by atomic mass is 10.1. The number of carbonyl (C=O) groups excluding carboxylic acids is 1. The van der Waals surface area contributed by atoms with E-state index in [-0.39, 0.29) is 17.0 Å². The van der Waals surface area contributed by atoms with Crippen LogP contribution in [-0.2, 0) is 0 Å². The lowest BCUT2D eigenvalue weighted by Gasteiger charge is -2.09. The molecule has 5 heteroatoms. The second-order valence-electron chi connectivity index (χ2n) is 4.08. The van der Waals surface area contributed by atoms with E-state index in [2.05, 4.69) is 5.32 Å². The van der Waals surface area contributed by atoms with Gasteiger partial charge in [-0.25, -0.2) is 8.78 Å². The van der Waals surface area contributed by atoms with Crippen molar-refractivity contribution >= 4 is 11.6 Å². The molecule has 19 heavy (non-hydrogen) atoms. The van der Waals surface area contributed by atoms with E-state index < -0.39 is 17.5 Å². The minimum atomic E-state index is -0.716. The van der Waals surface area contributed by atoms with Gasteiger partial charge in [0.05, 0.1) is 5.69 Å². The number of aromatic hydroxyl groups is 1. The molecule has 0 aliphatic carbocycles. The van der Waals surface area contributed by atoms with Gasteiger partial charge >= 0.3 is 0 Å². The molecule has 1 amide bonds. The number of phenols is 1. The van der Waals surface area contributed by atoms with Crippen LogP contribution < -0.4 is 5.32 Å². The number of benzene rings is 2. The molecule has 2 rings (SSSR count). The van der Waals surface area contributed by atoms with E-state index in [1.807, 2.05) is 0 Å². The van der Waals surface area contributed by atoms with Gasteiger partial charge in [0.1, 0.15) is 17.4 Å². The van der Waals surface area contributed by atoms with Gasteiger partial charge < -0.3 is 10.4 Å². The van der Waals surface area contributed by atoms with Gasteiger partial charge in [-0.05, 0) is 42.8 Å². The first-order chi connectivity index (χ1) is 8.97. The van der Waals surface area contributed by atoms with Gasteiger partial charge in [0.2, 0.25) is 0 Å². The first-order valence-electron chi connectivity index (χ1n) is 5.53. The fraction of sp³-hybridized carbons (Fsp3) is 0.0714. The average Bonchev–Trinajstić information content (AvgIpc) is 2.33. The molecule has 0 atom stereocenters. The quantitative estimate of drug-likeness (QED) is 0.873. The highest BCUT2D eigenvalue weighted by atomic mass is 19.1. The van der Waals surface area contributed by atoms with Crippen molar-refractivity contribution in [1.29, 1.82) is 0 Å². The molecule has 0 bridgehead atoms. The number of hydrogen-bond acceptors (Lipinski definition) is 2. The molecule has 98 valence electrons. The highest BCUT2D eigenvalue weighted by molar-refractivity contribution is 6.05. The summed E-state index contributed by atoms with van der Waals surface area (Å²) < 4.78 is 26.4. The maximum Gasteiger partial charge on any atom is 0.256 e. The standard InChI is InChI=1S/C14H11F2NO2/c1-8-6-10(18)3-4-11(8)14(19)17-13-7-9(15)2-5-12(13)16/h2-7,18H,1H3,(H,17,19). The Hall–Kier alpha value is -2.43. The third-order valence-corrected chi connectivity index (χ3v) is 2.63. The summed E-state index contributed by atoms with van der Waals surface area (Å²) in [6.45, 7) is 1.64. The average molecular weight is 263 g/mol. The molecular formula is C14H11F2NO2. The van der Waals surface area contributed by atoms with Crippen LogP contribution in [0.2, 0.25) is 0 Å². The molecule has 0 saturated carbocycles. The van der Waals surface area contributed by atoms with Gasteiger partial charge in [-0.15, -0.1) is 0 Å². The molecule has 0 aliphatic heterocycles. The number of aryl methyl sites for hydroxylation is 1. The predicted octanol–water partition coefficient (Wildman–Crippen LogP) is 3.23. The van der Waals surface area contributed by atoms with Crippen molar-refractivity contribution in [2.45, 2.75) is 6.92 Å². The minimum absolute atomic E-state index is 0.0333. The van der Waals surface area contributed by atoms with Crippen molar-refractivity contribution in [3.63, 3.8) is 0 Å². The zero-order chi connectivity index (χ0) is 14.0. The molecule has 3 nitrogen and oxygen atoms in total. The summed E-state index contributed by atoms with van der Waals surface area (Å²) >= 11 is 0. The molecule has 2 N–H and O–H groups in total. The van der Waals surface area contributed by atoms with Gasteiger partial charge in [0.25, 0.3) is 5.91 Å². The molecule has 0 unspecified atom stereocenters. The number of carbonyl (C=O) groups is 1. The maximum absolute atomic E-state index is 13.4. The summed E-state index contributed by atoms with van der Waals surface area (Å²) in [5.74, 6) is -1.89. The Bertz CT molecular complexity index is 641.